The first kappa shape index (κ1) is 23.4. The molecule has 1 saturated carbocycles. The number of likely N-dealkylation sites (N-methyl/N-ethyl adjacent to an activating group) is 1. The number of para-hydroxylation sites is 1. The van der Waals surface area contributed by atoms with E-state index >= 15 is 0 Å². The van der Waals surface area contributed by atoms with Crippen molar-refractivity contribution < 1.29 is 14.4 Å². The van der Waals surface area contributed by atoms with Crippen LogP contribution in [0.15, 0.2) is 66.7 Å². The van der Waals surface area contributed by atoms with Crippen LogP contribution in [-0.2, 0) is 9.59 Å². The summed E-state index contributed by atoms with van der Waals surface area (Å²) in [5.41, 5.74) is 4.55. The Morgan fingerprint density at radius 1 is 1.03 bits per heavy atom. The molecule has 4 rings (SSSR count). The van der Waals surface area contributed by atoms with Crippen molar-refractivity contribution >= 4 is 18.1 Å². The second-order valence-electron chi connectivity index (χ2n) is 8.61. The SMILES string of the molecule is CN(NC(=O)c1cc(-c2ccccc2)nn1-c1ccccc1)C(=O)CNC1(C=O)CCCCC1. The van der Waals surface area contributed by atoms with Gasteiger partial charge in [0.2, 0.25) is 0 Å². The van der Waals surface area contributed by atoms with Crippen molar-refractivity contribution in [2.24, 2.45) is 0 Å². The number of nitrogens with zero attached hydrogens (tertiary/aromatic N) is 3. The average molecular weight is 460 g/mol. The van der Waals surface area contributed by atoms with Crippen LogP contribution in [0, 0.1) is 0 Å². The van der Waals surface area contributed by atoms with Gasteiger partial charge in [-0.25, -0.2) is 4.68 Å². The van der Waals surface area contributed by atoms with Gasteiger partial charge in [-0.2, -0.15) is 5.10 Å². The molecule has 8 heteroatoms. The van der Waals surface area contributed by atoms with Gasteiger partial charge in [-0.05, 0) is 31.0 Å². The number of amides is 2. The summed E-state index contributed by atoms with van der Waals surface area (Å²) in [6.07, 6.45) is 5.37. The molecule has 2 aromatic carbocycles. The Labute approximate surface area is 198 Å². The van der Waals surface area contributed by atoms with E-state index in [1.807, 2.05) is 60.7 Å². The normalized spacial score (nSPS) is 14.9. The molecular weight excluding hydrogens is 430 g/mol. The van der Waals surface area contributed by atoms with Crippen molar-refractivity contribution in [3.63, 3.8) is 0 Å². The van der Waals surface area contributed by atoms with Crippen LogP contribution in [0.4, 0.5) is 0 Å². The van der Waals surface area contributed by atoms with Crippen LogP contribution in [0.2, 0.25) is 0 Å². The molecule has 0 spiro atoms. The predicted molar refractivity (Wildman–Crippen MR) is 129 cm³/mol. The Bertz CT molecular complexity index is 1140. The second-order valence-corrected chi connectivity index (χ2v) is 8.61. The maximum Gasteiger partial charge on any atom is 0.288 e. The molecular formula is C26H29N5O3. The van der Waals surface area contributed by atoms with Crippen molar-refractivity contribution in [2.75, 3.05) is 13.6 Å². The van der Waals surface area contributed by atoms with Gasteiger partial charge in [0, 0.05) is 12.6 Å². The third-order valence-electron chi connectivity index (χ3n) is 6.22. The molecule has 34 heavy (non-hydrogen) atoms. The maximum atomic E-state index is 13.2. The van der Waals surface area contributed by atoms with Crippen LogP contribution in [-0.4, -0.2) is 52.0 Å². The summed E-state index contributed by atoms with van der Waals surface area (Å²) in [6.45, 7) is -0.0390. The minimum absolute atomic E-state index is 0.0390. The van der Waals surface area contributed by atoms with Crippen LogP contribution < -0.4 is 10.7 Å². The summed E-state index contributed by atoms with van der Waals surface area (Å²) in [5, 5.41) is 8.91. The van der Waals surface area contributed by atoms with Crippen LogP contribution in [0.1, 0.15) is 42.6 Å². The fourth-order valence-corrected chi connectivity index (χ4v) is 4.22. The van der Waals surface area contributed by atoms with E-state index in [0.717, 1.165) is 54.7 Å². The quantitative estimate of drug-likeness (QED) is 0.418. The lowest BCUT2D eigenvalue weighted by molar-refractivity contribution is -0.131. The molecule has 3 aromatic rings. The number of carbonyl (C=O) groups is 3. The molecule has 0 saturated heterocycles. The molecule has 1 aliphatic rings. The van der Waals surface area contributed by atoms with Crippen molar-refractivity contribution in [2.45, 2.75) is 37.6 Å². The van der Waals surface area contributed by atoms with E-state index in [9.17, 15) is 14.4 Å². The lowest BCUT2D eigenvalue weighted by atomic mass is 9.83. The first-order valence-electron chi connectivity index (χ1n) is 11.5. The minimum atomic E-state index is -0.657. The van der Waals surface area contributed by atoms with E-state index in [-0.39, 0.29) is 12.5 Å². The van der Waals surface area contributed by atoms with Gasteiger partial charge < -0.3 is 4.79 Å². The third kappa shape index (κ3) is 5.23. The number of carbonyl (C=O) groups excluding carboxylic acids is 3. The Morgan fingerprint density at radius 2 is 1.68 bits per heavy atom. The first-order chi connectivity index (χ1) is 16.5. The van der Waals surface area contributed by atoms with Gasteiger partial charge in [-0.15, -0.1) is 0 Å². The smallest absolute Gasteiger partial charge is 0.288 e. The molecule has 1 heterocycles. The molecule has 0 aliphatic heterocycles. The monoisotopic (exact) mass is 459 g/mol. The fraction of sp³-hybridized carbons (Fsp3) is 0.308. The third-order valence-corrected chi connectivity index (χ3v) is 6.22. The van der Waals surface area contributed by atoms with E-state index in [0.29, 0.717) is 11.4 Å². The molecule has 0 atom stereocenters. The number of aromatic nitrogens is 2. The zero-order valence-electron chi connectivity index (χ0n) is 19.2. The van der Waals surface area contributed by atoms with Gasteiger partial charge in [0.1, 0.15) is 12.0 Å². The van der Waals surface area contributed by atoms with E-state index < -0.39 is 11.4 Å². The molecule has 8 nitrogen and oxygen atoms in total. The number of nitrogens with one attached hydrogen (secondary N) is 2. The van der Waals surface area contributed by atoms with Gasteiger partial charge in [-0.3, -0.25) is 25.3 Å². The molecule has 1 fully saturated rings. The number of hydrogen-bond acceptors (Lipinski definition) is 5. The first-order valence-corrected chi connectivity index (χ1v) is 11.5. The summed E-state index contributed by atoms with van der Waals surface area (Å²) in [5.74, 6) is -0.800. The fourth-order valence-electron chi connectivity index (χ4n) is 4.22. The molecule has 2 N–H and O–H groups in total. The van der Waals surface area contributed by atoms with Crippen LogP contribution in [0.25, 0.3) is 16.9 Å². The molecule has 1 aliphatic carbocycles. The number of rotatable bonds is 7. The van der Waals surface area contributed by atoms with Gasteiger partial charge in [0.25, 0.3) is 11.8 Å². The van der Waals surface area contributed by atoms with Crippen molar-refractivity contribution in [3.8, 4) is 16.9 Å². The van der Waals surface area contributed by atoms with Crippen molar-refractivity contribution in [3.05, 3.63) is 72.4 Å². The molecule has 176 valence electrons. The Balaban J connectivity index is 1.50. The predicted octanol–water partition coefficient (Wildman–Crippen LogP) is 3.13. The summed E-state index contributed by atoms with van der Waals surface area (Å²) in [4.78, 5) is 37.5. The molecule has 0 radical (unpaired) electrons. The highest BCUT2D eigenvalue weighted by Gasteiger charge is 2.32. The van der Waals surface area contributed by atoms with Gasteiger partial charge >= 0.3 is 0 Å². The topological polar surface area (TPSA) is 96.3 Å². The number of aldehydes is 1. The molecule has 0 unspecified atom stereocenters. The van der Waals surface area contributed by atoms with Gasteiger partial charge in [0.15, 0.2) is 0 Å². The highest BCUT2D eigenvalue weighted by Crippen LogP contribution is 2.26. The number of hydrogen-bond donors (Lipinski definition) is 2. The summed E-state index contributed by atoms with van der Waals surface area (Å²) in [6, 6.07) is 20.7. The minimum Gasteiger partial charge on any atom is -0.301 e. The zero-order chi connectivity index (χ0) is 24.0. The summed E-state index contributed by atoms with van der Waals surface area (Å²) in [7, 11) is 1.50. The molecule has 2 amide bonds. The van der Waals surface area contributed by atoms with Crippen LogP contribution in [0.3, 0.4) is 0 Å². The molecule has 0 bridgehead atoms. The maximum absolute atomic E-state index is 13.2. The van der Waals surface area contributed by atoms with E-state index in [4.69, 9.17) is 0 Å². The Morgan fingerprint density at radius 3 is 2.32 bits per heavy atom. The van der Waals surface area contributed by atoms with E-state index in [1.165, 1.54) is 7.05 Å². The van der Waals surface area contributed by atoms with E-state index in [1.54, 1.807) is 10.7 Å². The lowest BCUT2D eigenvalue weighted by Gasteiger charge is -2.33. The number of hydrazine groups is 1. The highest BCUT2D eigenvalue weighted by atomic mass is 16.2. The largest absolute Gasteiger partial charge is 0.301 e. The molecule has 1 aromatic heterocycles. The van der Waals surface area contributed by atoms with E-state index in [2.05, 4.69) is 15.8 Å². The summed E-state index contributed by atoms with van der Waals surface area (Å²) >= 11 is 0. The van der Waals surface area contributed by atoms with Crippen LogP contribution >= 0.6 is 0 Å². The second kappa shape index (κ2) is 10.4. The van der Waals surface area contributed by atoms with Crippen molar-refractivity contribution in [1.82, 2.24) is 25.5 Å². The number of benzene rings is 2. The van der Waals surface area contributed by atoms with Gasteiger partial charge in [-0.1, -0.05) is 67.8 Å². The van der Waals surface area contributed by atoms with Crippen LogP contribution in [0.5, 0.6) is 0 Å². The zero-order valence-corrected chi connectivity index (χ0v) is 19.2. The lowest BCUT2D eigenvalue weighted by Crippen LogP contribution is -2.54. The standard InChI is InChI=1S/C26H29N5O3/c1-30(24(33)18-27-26(19-32)15-9-4-10-16-26)29-25(34)23-17-22(20-11-5-2-6-12-20)28-31(23)21-13-7-3-8-14-21/h2-3,5-8,11-14,17,19,27H,4,9-10,15-16,18H2,1H3,(H,29,34). The van der Waals surface area contributed by atoms with Crippen molar-refractivity contribution in [1.29, 1.82) is 0 Å². The Hall–Kier alpha value is -3.78. The summed E-state index contributed by atoms with van der Waals surface area (Å²) < 4.78 is 1.57. The highest BCUT2D eigenvalue weighted by molar-refractivity contribution is 5.95. The Kier molecular flexibility index (Phi) is 7.18. The van der Waals surface area contributed by atoms with Gasteiger partial charge in [0.05, 0.1) is 23.5 Å². The average Bonchev–Trinajstić information content (AvgIpc) is 3.35.